The SMILES string of the molecule is OCc1ccc(F)c(-c2ccnn2-c2cccc(Cl)c2)c1-n1cccn1. The van der Waals surface area contributed by atoms with E-state index in [2.05, 4.69) is 10.2 Å². The van der Waals surface area contributed by atoms with Crippen molar-refractivity contribution >= 4 is 11.6 Å². The lowest BCUT2D eigenvalue weighted by Crippen LogP contribution is -2.08. The van der Waals surface area contributed by atoms with Gasteiger partial charge in [0.25, 0.3) is 0 Å². The summed E-state index contributed by atoms with van der Waals surface area (Å²) in [5.74, 6) is -0.434. The van der Waals surface area contributed by atoms with Gasteiger partial charge in [-0.1, -0.05) is 23.7 Å². The third-order valence-electron chi connectivity index (χ3n) is 4.07. The molecule has 0 unspecified atom stereocenters. The monoisotopic (exact) mass is 368 g/mol. The van der Waals surface area contributed by atoms with Crippen LogP contribution in [0.1, 0.15) is 5.56 Å². The lowest BCUT2D eigenvalue weighted by molar-refractivity contribution is 0.281. The Kier molecular flexibility index (Phi) is 4.28. The van der Waals surface area contributed by atoms with Crippen LogP contribution >= 0.6 is 11.6 Å². The van der Waals surface area contributed by atoms with Crippen molar-refractivity contribution in [3.05, 3.63) is 83.5 Å². The van der Waals surface area contributed by atoms with Crippen molar-refractivity contribution in [2.24, 2.45) is 0 Å². The fraction of sp³-hybridized carbons (Fsp3) is 0.0526. The molecule has 4 rings (SSSR count). The molecule has 7 heteroatoms. The molecule has 0 aliphatic heterocycles. The summed E-state index contributed by atoms with van der Waals surface area (Å²) in [4.78, 5) is 0. The number of benzene rings is 2. The smallest absolute Gasteiger partial charge is 0.134 e. The molecule has 0 atom stereocenters. The summed E-state index contributed by atoms with van der Waals surface area (Å²) >= 11 is 6.09. The zero-order valence-corrected chi connectivity index (χ0v) is 14.3. The molecular weight excluding hydrogens is 355 g/mol. The minimum Gasteiger partial charge on any atom is -0.392 e. The number of nitrogens with zero attached hydrogens (tertiary/aromatic N) is 4. The number of aliphatic hydroxyl groups is 1. The predicted molar refractivity (Wildman–Crippen MR) is 97.0 cm³/mol. The largest absolute Gasteiger partial charge is 0.392 e. The van der Waals surface area contributed by atoms with Crippen molar-refractivity contribution in [3.8, 4) is 22.6 Å². The van der Waals surface area contributed by atoms with Crippen LogP contribution in [-0.2, 0) is 6.61 Å². The number of hydrogen-bond acceptors (Lipinski definition) is 3. The van der Waals surface area contributed by atoms with Crippen LogP contribution in [0.3, 0.4) is 0 Å². The first-order valence-corrected chi connectivity index (χ1v) is 8.29. The van der Waals surface area contributed by atoms with Crippen molar-refractivity contribution in [2.45, 2.75) is 6.61 Å². The number of hydrogen-bond donors (Lipinski definition) is 1. The van der Waals surface area contributed by atoms with Gasteiger partial charge in [-0.15, -0.1) is 0 Å². The van der Waals surface area contributed by atoms with Crippen molar-refractivity contribution in [3.63, 3.8) is 0 Å². The van der Waals surface area contributed by atoms with Crippen LogP contribution in [0.25, 0.3) is 22.6 Å². The maximum absolute atomic E-state index is 14.9. The molecule has 0 aliphatic rings. The zero-order valence-electron chi connectivity index (χ0n) is 13.5. The van der Waals surface area contributed by atoms with Gasteiger partial charge in [0.15, 0.2) is 0 Å². The first kappa shape index (κ1) is 16.5. The third kappa shape index (κ3) is 2.79. The van der Waals surface area contributed by atoms with E-state index >= 15 is 0 Å². The second kappa shape index (κ2) is 6.74. The van der Waals surface area contributed by atoms with E-state index in [1.165, 1.54) is 6.07 Å². The predicted octanol–water partition coefficient (Wildman–Crippen LogP) is 4.01. The molecule has 0 bridgehead atoms. The average Bonchev–Trinajstić information content (AvgIpc) is 3.33. The van der Waals surface area contributed by atoms with Gasteiger partial charge in [0, 0.05) is 23.0 Å². The van der Waals surface area contributed by atoms with E-state index in [9.17, 15) is 9.50 Å². The molecular formula is C19H14ClFN4O. The minimum absolute atomic E-state index is 0.242. The van der Waals surface area contributed by atoms with Crippen LogP contribution in [0.4, 0.5) is 4.39 Å². The minimum atomic E-state index is -0.434. The second-order valence-electron chi connectivity index (χ2n) is 5.65. The van der Waals surface area contributed by atoms with E-state index in [0.717, 1.165) is 0 Å². The second-order valence-corrected chi connectivity index (χ2v) is 6.08. The normalized spacial score (nSPS) is 11.0. The van der Waals surface area contributed by atoms with Crippen molar-refractivity contribution in [1.82, 2.24) is 19.6 Å². The summed E-state index contributed by atoms with van der Waals surface area (Å²) in [7, 11) is 0. The highest BCUT2D eigenvalue weighted by molar-refractivity contribution is 6.30. The maximum atomic E-state index is 14.9. The topological polar surface area (TPSA) is 55.9 Å². The Morgan fingerprint density at radius 3 is 2.65 bits per heavy atom. The van der Waals surface area contributed by atoms with Gasteiger partial charge in [-0.05, 0) is 36.4 Å². The molecule has 0 amide bonds. The summed E-state index contributed by atoms with van der Waals surface area (Å²) in [5, 5.41) is 18.8. The molecule has 130 valence electrons. The summed E-state index contributed by atoms with van der Waals surface area (Å²) in [5.41, 5.74) is 2.58. The highest BCUT2D eigenvalue weighted by Crippen LogP contribution is 2.33. The highest BCUT2D eigenvalue weighted by Gasteiger charge is 2.21. The lowest BCUT2D eigenvalue weighted by Gasteiger charge is -2.16. The molecule has 0 spiro atoms. The van der Waals surface area contributed by atoms with Crippen LogP contribution < -0.4 is 0 Å². The number of aliphatic hydroxyl groups excluding tert-OH is 1. The van der Waals surface area contributed by atoms with Crippen LogP contribution in [0.5, 0.6) is 0 Å². The van der Waals surface area contributed by atoms with Gasteiger partial charge in [-0.25, -0.2) is 13.8 Å². The zero-order chi connectivity index (χ0) is 18.1. The summed E-state index contributed by atoms with van der Waals surface area (Å²) in [6.45, 7) is -0.242. The highest BCUT2D eigenvalue weighted by atomic mass is 35.5. The van der Waals surface area contributed by atoms with E-state index in [1.807, 2.05) is 6.07 Å². The standard InChI is InChI=1S/C19H14ClFN4O/c20-14-3-1-4-15(11-14)25-17(7-9-23-25)18-16(21)6-5-13(12-26)19(18)24-10-2-8-22-24/h1-11,26H,12H2. The molecule has 26 heavy (non-hydrogen) atoms. The van der Waals surface area contributed by atoms with Crippen molar-refractivity contribution < 1.29 is 9.50 Å². The van der Waals surface area contributed by atoms with E-state index in [-0.39, 0.29) is 6.61 Å². The lowest BCUT2D eigenvalue weighted by atomic mass is 10.0. The van der Waals surface area contributed by atoms with Gasteiger partial charge in [0.05, 0.1) is 35.4 Å². The van der Waals surface area contributed by atoms with Crippen LogP contribution in [-0.4, -0.2) is 24.7 Å². The fourth-order valence-corrected chi connectivity index (χ4v) is 3.13. The summed E-state index contributed by atoms with van der Waals surface area (Å²) in [6.07, 6.45) is 4.90. The van der Waals surface area contributed by atoms with Crippen molar-refractivity contribution in [2.75, 3.05) is 0 Å². The fourth-order valence-electron chi connectivity index (χ4n) is 2.95. The van der Waals surface area contributed by atoms with Crippen molar-refractivity contribution in [1.29, 1.82) is 0 Å². The van der Waals surface area contributed by atoms with Gasteiger partial charge in [-0.2, -0.15) is 10.2 Å². The first-order chi connectivity index (χ1) is 12.7. The molecule has 0 saturated heterocycles. The van der Waals surface area contributed by atoms with Gasteiger partial charge in [0.1, 0.15) is 5.82 Å². The molecule has 5 nitrogen and oxygen atoms in total. The molecule has 0 fully saturated rings. The summed E-state index contributed by atoms with van der Waals surface area (Å²) in [6, 6.07) is 13.5. The average molecular weight is 369 g/mol. The van der Waals surface area contributed by atoms with E-state index < -0.39 is 5.82 Å². The van der Waals surface area contributed by atoms with Gasteiger partial charge < -0.3 is 5.11 Å². The summed E-state index contributed by atoms with van der Waals surface area (Å²) < 4.78 is 18.1. The number of aromatic nitrogens is 4. The Bertz CT molecular complexity index is 1060. The number of halogens is 2. The van der Waals surface area contributed by atoms with E-state index in [0.29, 0.717) is 33.2 Å². The molecule has 0 radical (unpaired) electrons. The molecule has 4 aromatic rings. The Balaban J connectivity index is 2.00. The molecule has 2 aromatic heterocycles. The molecule has 2 heterocycles. The third-order valence-corrected chi connectivity index (χ3v) is 4.30. The maximum Gasteiger partial charge on any atom is 0.134 e. The van der Waals surface area contributed by atoms with Gasteiger partial charge in [0.2, 0.25) is 0 Å². The van der Waals surface area contributed by atoms with Crippen LogP contribution in [0.15, 0.2) is 67.1 Å². The van der Waals surface area contributed by atoms with E-state index in [4.69, 9.17) is 11.6 Å². The Morgan fingerprint density at radius 1 is 1.04 bits per heavy atom. The molecule has 0 aliphatic carbocycles. The first-order valence-electron chi connectivity index (χ1n) is 7.91. The molecule has 1 N–H and O–H groups in total. The van der Waals surface area contributed by atoms with Crippen LogP contribution in [0.2, 0.25) is 5.02 Å². The van der Waals surface area contributed by atoms with Gasteiger partial charge in [-0.3, -0.25) is 0 Å². The Morgan fingerprint density at radius 2 is 1.92 bits per heavy atom. The quantitative estimate of drug-likeness (QED) is 0.592. The molecule has 2 aromatic carbocycles. The van der Waals surface area contributed by atoms with Gasteiger partial charge >= 0.3 is 0 Å². The Labute approximate surface area is 153 Å². The molecule has 0 saturated carbocycles. The van der Waals surface area contributed by atoms with E-state index in [1.54, 1.807) is 64.4 Å². The number of rotatable bonds is 4. The van der Waals surface area contributed by atoms with Crippen LogP contribution in [0, 0.1) is 5.82 Å². The Hall–Kier alpha value is -2.96.